The largest absolute Gasteiger partial charge is 0.484 e. The van der Waals surface area contributed by atoms with Crippen LogP contribution in [0.1, 0.15) is 51.1 Å². The topological polar surface area (TPSA) is 117 Å². The second-order valence-electron chi connectivity index (χ2n) is 10.5. The maximum Gasteiger partial charge on any atom is 0.271 e. The molecule has 4 aromatic rings. The molecule has 0 aromatic heterocycles. The van der Waals surface area contributed by atoms with Crippen LogP contribution >= 0.6 is 0 Å². The highest BCUT2D eigenvalue weighted by Gasteiger charge is 2.19. The highest BCUT2D eigenvalue weighted by atomic mass is 32.2. The highest BCUT2D eigenvalue weighted by Crippen LogP contribution is 2.24. The lowest BCUT2D eigenvalue weighted by Gasteiger charge is -2.23. The van der Waals surface area contributed by atoms with Crippen LogP contribution in [-0.2, 0) is 21.4 Å². The molecule has 228 valence electrons. The van der Waals surface area contributed by atoms with Crippen LogP contribution in [-0.4, -0.2) is 39.3 Å². The number of anilines is 1. The third-order valence-corrected chi connectivity index (χ3v) is 8.17. The van der Waals surface area contributed by atoms with Crippen LogP contribution in [0, 0.1) is 13.8 Å². The van der Waals surface area contributed by atoms with Gasteiger partial charge in [0.2, 0.25) is 10.0 Å². The summed E-state index contributed by atoms with van der Waals surface area (Å²) in [5, 5.41) is 6.93. The Morgan fingerprint density at radius 2 is 1.59 bits per heavy atom. The van der Waals surface area contributed by atoms with Crippen LogP contribution in [0.15, 0.2) is 102 Å². The quantitative estimate of drug-likeness (QED) is 0.167. The molecule has 4 rings (SSSR count). The lowest BCUT2D eigenvalue weighted by Crippen LogP contribution is -2.31. The minimum absolute atomic E-state index is 0.114. The number of benzene rings is 4. The van der Waals surface area contributed by atoms with Crippen molar-refractivity contribution < 1.29 is 22.7 Å². The van der Waals surface area contributed by atoms with E-state index < -0.39 is 15.9 Å². The van der Waals surface area contributed by atoms with Crippen LogP contribution in [0.5, 0.6) is 5.75 Å². The molecule has 44 heavy (non-hydrogen) atoms. The molecule has 0 aliphatic rings. The molecule has 0 spiro atoms. The molecule has 2 amide bonds. The molecule has 0 aliphatic carbocycles. The number of carbonyl (C=O) groups is 2. The second-order valence-corrected chi connectivity index (χ2v) is 12.4. The fraction of sp³-hybridized carbons (Fsp3) is 0.206. The van der Waals surface area contributed by atoms with E-state index >= 15 is 0 Å². The smallest absolute Gasteiger partial charge is 0.271 e. The van der Waals surface area contributed by atoms with E-state index in [9.17, 15) is 18.0 Å². The zero-order valence-electron chi connectivity index (χ0n) is 25.2. The first-order chi connectivity index (χ1) is 21.0. The van der Waals surface area contributed by atoms with Crippen molar-refractivity contribution in [2.24, 2.45) is 5.10 Å². The normalized spacial score (nSPS) is 12.0. The van der Waals surface area contributed by atoms with Crippen LogP contribution in [0.3, 0.4) is 0 Å². The molecule has 0 bridgehead atoms. The minimum atomic E-state index is -3.53. The molecule has 0 radical (unpaired) electrons. The number of amides is 2. The lowest BCUT2D eigenvalue weighted by molar-refractivity contribution is -0.123. The molecule has 0 aliphatic heterocycles. The van der Waals surface area contributed by atoms with Gasteiger partial charge >= 0.3 is 0 Å². The van der Waals surface area contributed by atoms with Crippen molar-refractivity contribution in [1.29, 1.82) is 0 Å². The van der Waals surface area contributed by atoms with E-state index in [1.165, 1.54) is 16.8 Å². The summed E-state index contributed by atoms with van der Waals surface area (Å²) in [5.74, 6) is -0.102. The van der Waals surface area contributed by atoms with E-state index in [4.69, 9.17) is 4.74 Å². The van der Waals surface area contributed by atoms with Gasteiger partial charge in [0.1, 0.15) is 5.75 Å². The number of rotatable bonds is 12. The third kappa shape index (κ3) is 9.02. The van der Waals surface area contributed by atoms with Crippen LogP contribution in [0.4, 0.5) is 5.69 Å². The zero-order chi connectivity index (χ0) is 31.7. The molecular weight excluding hydrogens is 576 g/mol. The van der Waals surface area contributed by atoms with Gasteiger partial charge in [-0.25, -0.2) is 13.8 Å². The summed E-state index contributed by atoms with van der Waals surface area (Å²) in [7, 11) is -3.53. The predicted molar refractivity (Wildman–Crippen MR) is 173 cm³/mol. The van der Waals surface area contributed by atoms with Crippen LogP contribution < -0.4 is 19.8 Å². The first kappa shape index (κ1) is 32.0. The number of nitrogens with one attached hydrogen (secondary N) is 2. The number of aryl methyl sites for hydroxylation is 2. The number of hydrogen-bond acceptors (Lipinski definition) is 6. The van der Waals surface area contributed by atoms with Gasteiger partial charge in [0.15, 0.2) is 6.61 Å². The van der Waals surface area contributed by atoms with E-state index in [1.807, 2.05) is 63.2 Å². The van der Waals surface area contributed by atoms with Crippen molar-refractivity contribution in [3.05, 3.63) is 130 Å². The van der Waals surface area contributed by atoms with E-state index in [-0.39, 0.29) is 25.1 Å². The molecule has 2 N–H and O–H groups in total. The Labute approximate surface area is 258 Å². The first-order valence-corrected chi connectivity index (χ1v) is 15.9. The van der Waals surface area contributed by atoms with Crippen molar-refractivity contribution in [2.45, 2.75) is 33.4 Å². The predicted octanol–water partition coefficient (Wildman–Crippen LogP) is 5.29. The SMILES string of the molecule is Cc1ccc(N(Cc2ccc(C(=O)N/N=C\c3ccc(OCC(=O)N[C@H](C)c4ccccc4)cc3)cc2)S(C)(=O)=O)cc1C. The van der Waals surface area contributed by atoms with Gasteiger partial charge in [-0.15, -0.1) is 0 Å². The van der Waals surface area contributed by atoms with E-state index in [0.29, 0.717) is 17.0 Å². The molecule has 1 atom stereocenters. The number of ether oxygens (including phenoxy) is 1. The lowest BCUT2D eigenvalue weighted by atomic mass is 10.1. The van der Waals surface area contributed by atoms with Crippen molar-refractivity contribution in [2.75, 3.05) is 17.2 Å². The highest BCUT2D eigenvalue weighted by molar-refractivity contribution is 7.92. The van der Waals surface area contributed by atoms with Gasteiger partial charge in [-0.3, -0.25) is 13.9 Å². The van der Waals surface area contributed by atoms with Gasteiger partial charge in [-0.2, -0.15) is 5.10 Å². The van der Waals surface area contributed by atoms with Gasteiger partial charge in [0, 0.05) is 5.56 Å². The number of carbonyl (C=O) groups excluding carboxylic acids is 2. The van der Waals surface area contributed by atoms with E-state index in [2.05, 4.69) is 15.8 Å². The fourth-order valence-electron chi connectivity index (χ4n) is 4.35. The Morgan fingerprint density at radius 3 is 2.23 bits per heavy atom. The van der Waals surface area contributed by atoms with Crippen LogP contribution in [0.25, 0.3) is 0 Å². The molecule has 10 heteroatoms. The molecule has 4 aromatic carbocycles. The maximum absolute atomic E-state index is 12.6. The monoisotopic (exact) mass is 612 g/mol. The molecule has 0 saturated heterocycles. The van der Waals surface area contributed by atoms with Gasteiger partial charge in [-0.05, 0) is 97.1 Å². The first-order valence-electron chi connectivity index (χ1n) is 14.0. The summed E-state index contributed by atoms with van der Waals surface area (Å²) >= 11 is 0. The zero-order valence-corrected chi connectivity index (χ0v) is 26.0. The molecular formula is C34H36N4O5S. The Bertz CT molecular complexity index is 1720. The number of sulfonamides is 1. The maximum atomic E-state index is 12.6. The minimum Gasteiger partial charge on any atom is -0.484 e. The average molecular weight is 613 g/mol. The summed E-state index contributed by atoms with van der Waals surface area (Å²) in [6, 6.07) is 28.7. The Kier molecular flexibility index (Phi) is 10.5. The summed E-state index contributed by atoms with van der Waals surface area (Å²) in [6.45, 7) is 5.85. The average Bonchev–Trinajstić information content (AvgIpc) is 3.01. The van der Waals surface area contributed by atoms with Gasteiger partial charge in [0.05, 0.1) is 30.7 Å². The van der Waals surface area contributed by atoms with Crippen molar-refractivity contribution in [3.63, 3.8) is 0 Å². The molecule has 9 nitrogen and oxygen atoms in total. The summed E-state index contributed by atoms with van der Waals surface area (Å²) in [6.07, 6.45) is 2.67. The standard InChI is InChI=1S/C34H36N4O5S/c1-24-10-17-31(20-25(24)2)38(44(4,41)42)22-28-11-15-30(16-12-28)34(40)37-35-21-27-13-18-32(19-14-27)43-23-33(39)36-26(3)29-8-6-5-7-9-29/h5-21,26H,22-23H2,1-4H3,(H,36,39)(H,37,40)/b35-21-/t26-/m1/s1. The summed E-state index contributed by atoms with van der Waals surface area (Å²) < 4.78 is 32.0. The van der Waals surface area contributed by atoms with Crippen LogP contribution in [0.2, 0.25) is 0 Å². The van der Waals surface area contributed by atoms with Gasteiger partial charge < -0.3 is 10.1 Å². The van der Waals surface area contributed by atoms with Gasteiger partial charge in [0.25, 0.3) is 11.8 Å². The van der Waals surface area contributed by atoms with E-state index in [1.54, 1.807) is 54.6 Å². The molecule has 0 unspecified atom stereocenters. The third-order valence-electron chi connectivity index (χ3n) is 7.03. The van der Waals surface area contributed by atoms with Crippen molar-refractivity contribution >= 4 is 33.7 Å². The molecule has 0 saturated carbocycles. The second kappa shape index (κ2) is 14.5. The Balaban J connectivity index is 1.27. The molecule has 0 heterocycles. The van der Waals surface area contributed by atoms with Crippen molar-refractivity contribution in [1.82, 2.24) is 10.7 Å². The van der Waals surface area contributed by atoms with E-state index in [0.717, 1.165) is 27.8 Å². The van der Waals surface area contributed by atoms with Gasteiger partial charge in [-0.1, -0.05) is 48.5 Å². The Hall–Kier alpha value is -4.96. The fourth-order valence-corrected chi connectivity index (χ4v) is 5.23. The molecule has 0 fully saturated rings. The Morgan fingerprint density at radius 1 is 0.909 bits per heavy atom. The number of hydrazone groups is 1. The summed E-state index contributed by atoms with van der Waals surface area (Å²) in [5.41, 5.74) is 8.02. The van der Waals surface area contributed by atoms with Crippen molar-refractivity contribution in [3.8, 4) is 5.75 Å². The number of hydrogen-bond donors (Lipinski definition) is 2. The summed E-state index contributed by atoms with van der Waals surface area (Å²) in [4.78, 5) is 24.9. The number of nitrogens with zero attached hydrogens (tertiary/aromatic N) is 2.